The van der Waals surface area contributed by atoms with E-state index in [4.69, 9.17) is 11.6 Å². The van der Waals surface area contributed by atoms with Crippen molar-refractivity contribution in [2.45, 2.75) is 25.2 Å². The van der Waals surface area contributed by atoms with Crippen LogP contribution >= 0.6 is 11.6 Å². The maximum Gasteiger partial charge on any atom is 0.231 e. The molecule has 3 aromatic rings. The molecule has 1 aromatic heterocycles. The van der Waals surface area contributed by atoms with Gasteiger partial charge in [0, 0.05) is 18.1 Å². The summed E-state index contributed by atoms with van der Waals surface area (Å²) in [7, 11) is 0. The summed E-state index contributed by atoms with van der Waals surface area (Å²) >= 11 is 6.03. The summed E-state index contributed by atoms with van der Waals surface area (Å²) in [5.41, 5.74) is 1.65. The van der Waals surface area contributed by atoms with Crippen LogP contribution in [0.3, 0.4) is 0 Å². The van der Waals surface area contributed by atoms with Gasteiger partial charge < -0.3 is 4.90 Å². The van der Waals surface area contributed by atoms with Crippen LogP contribution in [0.2, 0.25) is 5.02 Å². The first-order valence-electron chi connectivity index (χ1n) is 9.03. The van der Waals surface area contributed by atoms with Gasteiger partial charge in [-0.2, -0.15) is 5.26 Å². The van der Waals surface area contributed by atoms with E-state index >= 15 is 0 Å². The molecule has 2 heterocycles. The third-order valence-corrected chi connectivity index (χ3v) is 5.58. The number of hydrogen-bond acceptors (Lipinski definition) is 4. The molecule has 5 nitrogen and oxygen atoms in total. The van der Waals surface area contributed by atoms with Crippen molar-refractivity contribution in [1.82, 2.24) is 14.8 Å². The molecule has 136 valence electrons. The topological polar surface area (TPSA) is 57.7 Å². The van der Waals surface area contributed by atoms with Gasteiger partial charge in [-0.1, -0.05) is 41.9 Å². The molecule has 27 heavy (non-hydrogen) atoms. The standard InChI is InChI=1S/C21H20ClN5/c1-16-24-25-20(27(16)19-9-7-18(22)8-10-19)26-13-11-21(15-23,12-14-26)17-5-3-2-4-6-17/h2-10H,11-14H2,1H3. The second-order valence-corrected chi connectivity index (χ2v) is 7.34. The molecule has 1 aliphatic rings. The van der Waals surface area contributed by atoms with Crippen LogP contribution in [0, 0.1) is 18.3 Å². The number of nitrogens with zero attached hydrogens (tertiary/aromatic N) is 5. The van der Waals surface area contributed by atoms with Gasteiger partial charge in [0.15, 0.2) is 0 Å². The highest BCUT2D eigenvalue weighted by atomic mass is 35.5. The molecule has 1 aliphatic heterocycles. The summed E-state index contributed by atoms with van der Waals surface area (Å²) in [4.78, 5) is 2.22. The van der Waals surface area contributed by atoms with Gasteiger partial charge in [-0.15, -0.1) is 10.2 Å². The number of piperidine rings is 1. The van der Waals surface area contributed by atoms with E-state index in [1.807, 2.05) is 54.0 Å². The second-order valence-electron chi connectivity index (χ2n) is 6.91. The Kier molecular flexibility index (Phi) is 4.59. The van der Waals surface area contributed by atoms with Gasteiger partial charge in [0.1, 0.15) is 5.82 Å². The third-order valence-electron chi connectivity index (χ3n) is 5.33. The first kappa shape index (κ1) is 17.6. The van der Waals surface area contributed by atoms with Gasteiger partial charge in [0.05, 0.1) is 17.2 Å². The summed E-state index contributed by atoms with van der Waals surface area (Å²) in [6.45, 7) is 3.46. The molecule has 0 aliphatic carbocycles. The fraction of sp³-hybridized carbons (Fsp3) is 0.286. The second kappa shape index (κ2) is 7.05. The Morgan fingerprint density at radius 3 is 2.30 bits per heavy atom. The van der Waals surface area contributed by atoms with Crippen LogP contribution in [-0.2, 0) is 5.41 Å². The van der Waals surface area contributed by atoms with Gasteiger partial charge in [0.25, 0.3) is 0 Å². The number of rotatable bonds is 3. The maximum atomic E-state index is 9.90. The van der Waals surface area contributed by atoms with Gasteiger partial charge in [-0.3, -0.25) is 4.57 Å². The third kappa shape index (κ3) is 3.17. The zero-order valence-electron chi connectivity index (χ0n) is 15.1. The van der Waals surface area contributed by atoms with Gasteiger partial charge in [-0.05, 0) is 49.6 Å². The van der Waals surface area contributed by atoms with E-state index < -0.39 is 5.41 Å². The van der Waals surface area contributed by atoms with Crippen LogP contribution in [0.4, 0.5) is 5.95 Å². The highest BCUT2D eigenvalue weighted by Gasteiger charge is 2.37. The summed E-state index contributed by atoms with van der Waals surface area (Å²) < 4.78 is 2.04. The van der Waals surface area contributed by atoms with Crippen LogP contribution in [0.1, 0.15) is 24.2 Å². The SMILES string of the molecule is Cc1nnc(N2CCC(C#N)(c3ccccc3)CC2)n1-c1ccc(Cl)cc1. The number of anilines is 1. The van der Waals surface area contributed by atoms with E-state index in [0.717, 1.165) is 49.0 Å². The van der Waals surface area contributed by atoms with Crippen molar-refractivity contribution in [3.8, 4) is 11.8 Å². The zero-order valence-corrected chi connectivity index (χ0v) is 15.9. The summed E-state index contributed by atoms with van der Waals surface area (Å²) in [6.07, 6.45) is 1.53. The summed E-state index contributed by atoms with van der Waals surface area (Å²) in [6, 6.07) is 20.3. The lowest BCUT2D eigenvalue weighted by molar-refractivity contribution is 0.411. The first-order chi connectivity index (χ1) is 13.1. The molecule has 1 saturated heterocycles. The molecule has 0 spiro atoms. The lowest BCUT2D eigenvalue weighted by Gasteiger charge is -2.38. The molecule has 6 heteroatoms. The molecule has 0 unspecified atom stereocenters. The van der Waals surface area contributed by atoms with Crippen LogP contribution in [-0.4, -0.2) is 27.9 Å². The number of hydrogen-bond donors (Lipinski definition) is 0. The fourth-order valence-corrected chi connectivity index (χ4v) is 3.89. The fourth-order valence-electron chi connectivity index (χ4n) is 3.76. The number of benzene rings is 2. The Morgan fingerprint density at radius 2 is 1.67 bits per heavy atom. The molecule has 0 amide bonds. The average molecular weight is 378 g/mol. The highest BCUT2D eigenvalue weighted by Crippen LogP contribution is 2.36. The Morgan fingerprint density at radius 1 is 1.00 bits per heavy atom. The van der Waals surface area contributed by atoms with Crippen LogP contribution in [0.25, 0.3) is 5.69 Å². The van der Waals surface area contributed by atoms with Gasteiger partial charge in [-0.25, -0.2) is 0 Å². The largest absolute Gasteiger partial charge is 0.340 e. The molecular formula is C21H20ClN5. The minimum absolute atomic E-state index is 0.433. The Labute approximate surface area is 163 Å². The van der Waals surface area contributed by atoms with Gasteiger partial charge >= 0.3 is 0 Å². The van der Waals surface area contributed by atoms with Crippen molar-refractivity contribution in [1.29, 1.82) is 5.26 Å². The predicted molar refractivity (Wildman–Crippen MR) is 106 cm³/mol. The lowest BCUT2D eigenvalue weighted by atomic mass is 9.74. The predicted octanol–water partition coefficient (Wildman–Crippen LogP) is 4.29. The van der Waals surface area contributed by atoms with E-state index in [-0.39, 0.29) is 0 Å². The molecule has 4 rings (SSSR count). The average Bonchev–Trinajstić information content (AvgIpc) is 3.11. The molecule has 0 atom stereocenters. The van der Waals surface area contributed by atoms with E-state index in [1.165, 1.54) is 0 Å². The first-order valence-corrected chi connectivity index (χ1v) is 9.40. The number of aryl methyl sites for hydroxylation is 1. The van der Waals surface area contributed by atoms with Crippen LogP contribution < -0.4 is 4.90 Å². The van der Waals surface area contributed by atoms with Crippen LogP contribution in [0.5, 0.6) is 0 Å². The molecule has 0 saturated carbocycles. The normalized spacial score (nSPS) is 16.1. The summed E-state index contributed by atoms with van der Waals surface area (Å²) in [5.74, 6) is 1.64. The number of halogens is 1. The van der Waals surface area contributed by atoms with E-state index in [2.05, 4.69) is 33.3 Å². The number of nitriles is 1. The molecule has 1 fully saturated rings. The van der Waals surface area contributed by atoms with Crippen molar-refractivity contribution in [3.63, 3.8) is 0 Å². The quantitative estimate of drug-likeness (QED) is 0.683. The summed E-state index contributed by atoms with van der Waals surface area (Å²) in [5, 5.41) is 19.3. The molecule has 0 radical (unpaired) electrons. The van der Waals surface area contributed by atoms with E-state index in [0.29, 0.717) is 5.02 Å². The van der Waals surface area contributed by atoms with Crippen molar-refractivity contribution in [2.75, 3.05) is 18.0 Å². The van der Waals surface area contributed by atoms with Crippen molar-refractivity contribution in [2.24, 2.45) is 0 Å². The molecular weight excluding hydrogens is 358 g/mol. The lowest BCUT2D eigenvalue weighted by Crippen LogP contribution is -2.43. The monoisotopic (exact) mass is 377 g/mol. The van der Waals surface area contributed by atoms with Crippen molar-refractivity contribution < 1.29 is 0 Å². The van der Waals surface area contributed by atoms with E-state index in [1.54, 1.807) is 0 Å². The molecule has 0 N–H and O–H groups in total. The minimum atomic E-state index is -0.433. The number of aromatic nitrogens is 3. The van der Waals surface area contributed by atoms with Gasteiger partial charge in [0.2, 0.25) is 5.95 Å². The minimum Gasteiger partial charge on any atom is -0.340 e. The van der Waals surface area contributed by atoms with Crippen molar-refractivity contribution >= 4 is 17.5 Å². The Balaban J connectivity index is 1.61. The Bertz CT molecular complexity index is 964. The zero-order chi connectivity index (χ0) is 18.9. The smallest absolute Gasteiger partial charge is 0.231 e. The highest BCUT2D eigenvalue weighted by molar-refractivity contribution is 6.30. The van der Waals surface area contributed by atoms with E-state index in [9.17, 15) is 5.26 Å². The molecule has 0 bridgehead atoms. The molecule has 2 aromatic carbocycles. The van der Waals surface area contributed by atoms with Crippen LogP contribution in [0.15, 0.2) is 54.6 Å². The van der Waals surface area contributed by atoms with Crippen molar-refractivity contribution in [3.05, 3.63) is 71.0 Å². The Hall–Kier alpha value is -2.84. The maximum absolute atomic E-state index is 9.90.